The molecule has 1 amide bonds. The number of likely N-dealkylation sites (tertiary alicyclic amines) is 1. The Bertz CT molecular complexity index is 663. The SMILES string of the molecule is CC(C)(C)OC(=O)N1CC(O[Si](C)(C)C(C)(C)C)CC1C(O)c1ccccc1. The molecule has 3 atom stereocenters. The number of rotatable bonds is 4. The van der Waals surface area contributed by atoms with Crippen LogP contribution in [-0.4, -0.2) is 48.7 Å². The molecule has 5 nitrogen and oxygen atoms in total. The van der Waals surface area contributed by atoms with Gasteiger partial charge in [0, 0.05) is 6.54 Å². The highest BCUT2D eigenvalue weighted by molar-refractivity contribution is 6.74. The van der Waals surface area contributed by atoms with Gasteiger partial charge in [0.2, 0.25) is 0 Å². The van der Waals surface area contributed by atoms with Crippen molar-refractivity contribution in [1.82, 2.24) is 4.90 Å². The van der Waals surface area contributed by atoms with Crippen LogP contribution in [-0.2, 0) is 9.16 Å². The molecule has 0 aliphatic carbocycles. The number of hydrogen-bond donors (Lipinski definition) is 1. The van der Waals surface area contributed by atoms with Crippen molar-refractivity contribution in [2.24, 2.45) is 0 Å². The summed E-state index contributed by atoms with van der Waals surface area (Å²) in [6.07, 6.45) is -0.672. The van der Waals surface area contributed by atoms with Gasteiger partial charge in [0.1, 0.15) is 5.60 Å². The largest absolute Gasteiger partial charge is 0.444 e. The molecule has 0 spiro atoms. The lowest BCUT2D eigenvalue weighted by atomic mass is 10.00. The molecule has 1 N–H and O–H groups in total. The van der Waals surface area contributed by atoms with E-state index >= 15 is 0 Å². The average molecular weight is 408 g/mol. The second kappa shape index (κ2) is 8.17. The summed E-state index contributed by atoms with van der Waals surface area (Å²) in [7, 11) is -1.99. The Kier molecular flexibility index (Phi) is 6.68. The number of ether oxygens (including phenoxy) is 1. The number of aliphatic hydroxyl groups is 1. The summed E-state index contributed by atoms with van der Waals surface area (Å²) in [5.74, 6) is 0. The van der Waals surface area contributed by atoms with Gasteiger partial charge in [-0.05, 0) is 50.9 Å². The maximum Gasteiger partial charge on any atom is 0.410 e. The topological polar surface area (TPSA) is 59.0 Å². The summed E-state index contributed by atoms with van der Waals surface area (Å²) < 4.78 is 12.2. The second-order valence-electron chi connectivity index (χ2n) is 10.3. The lowest BCUT2D eigenvalue weighted by Crippen LogP contribution is -2.45. The summed E-state index contributed by atoms with van der Waals surface area (Å²) in [4.78, 5) is 14.5. The molecule has 1 aliphatic rings. The van der Waals surface area contributed by atoms with Gasteiger partial charge in [-0.3, -0.25) is 4.90 Å². The fourth-order valence-electron chi connectivity index (χ4n) is 3.21. The van der Waals surface area contributed by atoms with Gasteiger partial charge >= 0.3 is 6.09 Å². The van der Waals surface area contributed by atoms with Crippen molar-refractivity contribution in [3.05, 3.63) is 35.9 Å². The number of aliphatic hydroxyl groups excluding tert-OH is 1. The number of hydrogen-bond acceptors (Lipinski definition) is 4. The molecule has 1 heterocycles. The fraction of sp³-hybridized carbons (Fsp3) is 0.682. The van der Waals surface area contributed by atoms with Gasteiger partial charge < -0.3 is 14.3 Å². The molecular weight excluding hydrogens is 370 g/mol. The minimum Gasteiger partial charge on any atom is -0.444 e. The van der Waals surface area contributed by atoms with Crippen LogP contribution in [0.1, 0.15) is 59.6 Å². The van der Waals surface area contributed by atoms with Crippen molar-refractivity contribution >= 4 is 14.4 Å². The average Bonchev–Trinajstić information content (AvgIpc) is 2.95. The smallest absolute Gasteiger partial charge is 0.410 e. The van der Waals surface area contributed by atoms with Crippen LogP contribution in [0.5, 0.6) is 0 Å². The Balaban J connectivity index is 2.25. The minimum atomic E-state index is -1.99. The molecule has 0 aromatic heterocycles. The lowest BCUT2D eigenvalue weighted by molar-refractivity contribution is 0.00445. The van der Waals surface area contributed by atoms with Crippen LogP contribution >= 0.6 is 0 Å². The zero-order valence-corrected chi connectivity index (χ0v) is 19.7. The van der Waals surface area contributed by atoms with Crippen molar-refractivity contribution in [3.8, 4) is 0 Å². The van der Waals surface area contributed by atoms with Crippen molar-refractivity contribution in [1.29, 1.82) is 0 Å². The highest BCUT2D eigenvalue weighted by Crippen LogP contribution is 2.40. The molecule has 1 aromatic rings. The monoisotopic (exact) mass is 407 g/mol. The number of benzene rings is 1. The van der Waals surface area contributed by atoms with Crippen LogP contribution in [0.2, 0.25) is 18.1 Å². The van der Waals surface area contributed by atoms with Crippen LogP contribution in [0.25, 0.3) is 0 Å². The molecule has 158 valence electrons. The zero-order valence-electron chi connectivity index (χ0n) is 18.7. The molecule has 1 aliphatic heterocycles. The van der Waals surface area contributed by atoms with Gasteiger partial charge in [-0.15, -0.1) is 0 Å². The Morgan fingerprint density at radius 3 is 2.21 bits per heavy atom. The third-order valence-corrected chi connectivity index (χ3v) is 10.2. The van der Waals surface area contributed by atoms with Gasteiger partial charge in [0.25, 0.3) is 0 Å². The lowest BCUT2D eigenvalue weighted by Gasteiger charge is -2.38. The molecule has 1 aromatic carbocycles. The highest BCUT2D eigenvalue weighted by Gasteiger charge is 2.46. The summed E-state index contributed by atoms with van der Waals surface area (Å²) in [6.45, 7) is 17.0. The normalized spacial score (nSPS) is 22.2. The maximum atomic E-state index is 12.9. The Labute approximate surface area is 171 Å². The molecule has 2 rings (SSSR count). The van der Waals surface area contributed by atoms with Crippen molar-refractivity contribution in [3.63, 3.8) is 0 Å². The Hall–Kier alpha value is -1.37. The minimum absolute atomic E-state index is 0.0832. The Morgan fingerprint density at radius 2 is 1.71 bits per heavy atom. The molecule has 0 saturated carbocycles. The van der Waals surface area contributed by atoms with Crippen molar-refractivity contribution in [2.45, 2.75) is 89.9 Å². The first-order valence-electron chi connectivity index (χ1n) is 10.1. The second-order valence-corrected chi connectivity index (χ2v) is 15.0. The van der Waals surface area contributed by atoms with E-state index in [4.69, 9.17) is 9.16 Å². The van der Waals surface area contributed by atoms with Crippen LogP contribution in [0, 0.1) is 0 Å². The summed E-state index contributed by atoms with van der Waals surface area (Å²) >= 11 is 0. The van der Waals surface area contributed by atoms with E-state index in [1.807, 2.05) is 51.1 Å². The quantitative estimate of drug-likeness (QED) is 0.704. The van der Waals surface area contributed by atoms with E-state index in [9.17, 15) is 9.90 Å². The summed E-state index contributed by atoms with van der Waals surface area (Å²) in [5, 5.41) is 11.1. The predicted octanol–water partition coefficient (Wildman–Crippen LogP) is 5.12. The van der Waals surface area contributed by atoms with E-state index in [2.05, 4.69) is 33.9 Å². The third-order valence-electron chi connectivity index (χ3n) is 5.71. The standard InChI is InChI=1S/C22H37NO4Si/c1-21(2,3)26-20(25)23-15-17(27-28(7,8)22(4,5)6)14-18(23)19(24)16-12-10-9-11-13-16/h9-13,17-19,24H,14-15H2,1-8H3. The van der Waals surface area contributed by atoms with Crippen LogP contribution in [0.3, 0.4) is 0 Å². The highest BCUT2D eigenvalue weighted by atomic mass is 28.4. The van der Waals surface area contributed by atoms with Gasteiger partial charge in [0.15, 0.2) is 8.32 Å². The molecule has 0 bridgehead atoms. The number of carbonyl (C=O) groups excluding carboxylic acids is 1. The molecule has 28 heavy (non-hydrogen) atoms. The first-order valence-corrected chi connectivity index (χ1v) is 13.0. The molecular formula is C22H37NO4Si. The van der Waals surface area contributed by atoms with Crippen LogP contribution in [0.15, 0.2) is 30.3 Å². The van der Waals surface area contributed by atoms with E-state index in [-0.39, 0.29) is 17.2 Å². The van der Waals surface area contributed by atoms with E-state index in [1.54, 1.807) is 4.90 Å². The number of amides is 1. The first-order chi connectivity index (χ1) is 12.7. The molecule has 1 fully saturated rings. The summed E-state index contributed by atoms with van der Waals surface area (Å²) in [6, 6.07) is 9.12. The van der Waals surface area contributed by atoms with Crippen molar-refractivity contribution < 1.29 is 19.1 Å². The molecule has 6 heteroatoms. The van der Waals surface area contributed by atoms with E-state index < -0.39 is 26.1 Å². The number of carbonyl (C=O) groups is 1. The maximum absolute atomic E-state index is 12.9. The van der Waals surface area contributed by atoms with Gasteiger partial charge in [0.05, 0.1) is 18.2 Å². The zero-order chi connectivity index (χ0) is 21.3. The van der Waals surface area contributed by atoms with Crippen LogP contribution < -0.4 is 0 Å². The molecule has 1 saturated heterocycles. The third kappa shape index (κ3) is 5.58. The van der Waals surface area contributed by atoms with Gasteiger partial charge in [-0.1, -0.05) is 51.1 Å². The number of nitrogens with zero attached hydrogens (tertiary/aromatic N) is 1. The van der Waals surface area contributed by atoms with Crippen LogP contribution in [0.4, 0.5) is 4.79 Å². The summed E-state index contributed by atoms with van der Waals surface area (Å²) in [5.41, 5.74) is 0.214. The molecule has 3 unspecified atom stereocenters. The first kappa shape index (κ1) is 22.9. The van der Waals surface area contributed by atoms with E-state index in [0.717, 1.165) is 5.56 Å². The molecule has 0 radical (unpaired) electrons. The van der Waals surface area contributed by atoms with Crippen molar-refractivity contribution in [2.75, 3.05) is 6.54 Å². The predicted molar refractivity (Wildman–Crippen MR) is 115 cm³/mol. The van der Waals surface area contributed by atoms with Gasteiger partial charge in [-0.2, -0.15) is 0 Å². The fourth-order valence-corrected chi connectivity index (χ4v) is 4.56. The Morgan fingerprint density at radius 1 is 1.14 bits per heavy atom. The van der Waals surface area contributed by atoms with E-state index in [1.165, 1.54) is 0 Å². The van der Waals surface area contributed by atoms with E-state index in [0.29, 0.717) is 13.0 Å². The van der Waals surface area contributed by atoms with Gasteiger partial charge in [-0.25, -0.2) is 4.79 Å².